The van der Waals surface area contributed by atoms with E-state index in [2.05, 4.69) is 23.6 Å². The lowest BCUT2D eigenvalue weighted by molar-refractivity contribution is -0.146. The molecule has 0 aromatic heterocycles. The van der Waals surface area contributed by atoms with E-state index in [1.54, 1.807) is 0 Å². The summed E-state index contributed by atoms with van der Waals surface area (Å²) < 4.78 is 12.5. The average Bonchev–Trinajstić information content (AvgIpc) is 3.32. The van der Waals surface area contributed by atoms with Crippen molar-refractivity contribution < 1.29 is 19.4 Å². The van der Waals surface area contributed by atoms with Gasteiger partial charge in [0.05, 0.1) is 18.6 Å². The molecule has 7 atom stereocenters. The minimum absolute atomic E-state index is 0.00152. The van der Waals surface area contributed by atoms with Crippen LogP contribution in [0.15, 0.2) is 0 Å². The van der Waals surface area contributed by atoms with E-state index in [9.17, 15) is 4.79 Å². The van der Waals surface area contributed by atoms with E-state index in [-0.39, 0.29) is 47.6 Å². The molecule has 0 aromatic rings. The smallest absolute Gasteiger partial charge is 0.311 e. The van der Waals surface area contributed by atoms with E-state index >= 15 is 0 Å². The van der Waals surface area contributed by atoms with Gasteiger partial charge in [0.15, 0.2) is 0 Å². The number of aliphatic hydroxyl groups excluding tert-OH is 1. The van der Waals surface area contributed by atoms with Crippen LogP contribution in [0.1, 0.15) is 39.5 Å². The summed E-state index contributed by atoms with van der Waals surface area (Å²) in [5.41, 5.74) is 0.167. The van der Waals surface area contributed by atoms with E-state index in [0.717, 1.165) is 45.7 Å². The quantitative estimate of drug-likeness (QED) is 0.584. The van der Waals surface area contributed by atoms with Crippen molar-refractivity contribution in [2.24, 2.45) is 23.2 Å². The Balaban J connectivity index is 1.30. The zero-order valence-electron chi connectivity index (χ0n) is 16.7. The third-order valence-electron chi connectivity index (χ3n) is 8.53. The van der Waals surface area contributed by atoms with Gasteiger partial charge in [-0.25, -0.2) is 0 Å². The Morgan fingerprint density at radius 3 is 2.70 bits per heavy atom. The van der Waals surface area contributed by atoms with Gasteiger partial charge in [0.1, 0.15) is 11.7 Å². The first kappa shape index (κ1) is 18.3. The molecule has 2 aliphatic carbocycles. The average molecular weight is 379 g/mol. The van der Waals surface area contributed by atoms with Crippen LogP contribution in [0, 0.1) is 23.2 Å². The maximum absolute atomic E-state index is 12.8. The summed E-state index contributed by atoms with van der Waals surface area (Å²) in [6.07, 6.45) is 4.95. The van der Waals surface area contributed by atoms with Crippen LogP contribution in [-0.4, -0.2) is 84.6 Å². The van der Waals surface area contributed by atoms with Gasteiger partial charge in [-0.3, -0.25) is 14.6 Å². The monoisotopic (exact) mass is 378 g/mol. The van der Waals surface area contributed by atoms with Crippen LogP contribution < -0.4 is 0 Å². The summed E-state index contributed by atoms with van der Waals surface area (Å²) in [5.74, 6) is 0.785. The molecule has 1 spiro atoms. The minimum Gasteiger partial charge on any atom is -0.462 e. The van der Waals surface area contributed by atoms with E-state index in [4.69, 9.17) is 14.6 Å². The molecule has 6 nitrogen and oxygen atoms in total. The lowest BCUT2D eigenvalue weighted by Gasteiger charge is -2.49. The number of ether oxygens (including phenoxy) is 2. The Morgan fingerprint density at radius 1 is 1.22 bits per heavy atom. The van der Waals surface area contributed by atoms with Crippen molar-refractivity contribution in [1.82, 2.24) is 9.80 Å². The molecular formula is C21H34N2O4. The highest BCUT2D eigenvalue weighted by Crippen LogP contribution is 2.70. The van der Waals surface area contributed by atoms with E-state index < -0.39 is 0 Å². The first-order valence-corrected chi connectivity index (χ1v) is 10.9. The highest BCUT2D eigenvalue weighted by atomic mass is 16.6. The van der Waals surface area contributed by atoms with Crippen LogP contribution in [0.25, 0.3) is 0 Å². The van der Waals surface area contributed by atoms with Crippen LogP contribution in [-0.2, 0) is 14.3 Å². The van der Waals surface area contributed by atoms with Crippen molar-refractivity contribution in [3.8, 4) is 0 Å². The summed E-state index contributed by atoms with van der Waals surface area (Å²) in [4.78, 5) is 17.5. The number of carbonyl (C=O) groups is 1. The van der Waals surface area contributed by atoms with Crippen molar-refractivity contribution in [2.45, 2.75) is 57.3 Å². The molecule has 0 unspecified atom stereocenters. The van der Waals surface area contributed by atoms with Gasteiger partial charge in [0.25, 0.3) is 0 Å². The fraction of sp³-hybridized carbons (Fsp3) is 0.952. The number of aliphatic hydroxyl groups is 1. The van der Waals surface area contributed by atoms with Crippen molar-refractivity contribution in [2.75, 3.05) is 45.9 Å². The summed E-state index contributed by atoms with van der Waals surface area (Å²) >= 11 is 0. The van der Waals surface area contributed by atoms with Gasteiger partial charge in [0.2, 0.25) is 0 Å². The Hall–Kier alpha value is -0.690. The van der Waals surface area contributed by atoms with Gasteiger partial charge >= 0.3 is 5.97 Å². The first-order chi connectivity index (χ1) is 13.0. The number of esters is 1. The lowest BCUT2D eigenvalue weighted by Crippen LogP contribution is -2.55. The maximum atomic E-state index is 12.8. The molecule has 3 heterocycles. The van der Waals surface area contributed by atoms with Crippen LogP contribution in [0.2, 0.25) is 0 Å². The second-order valence-corrected chi connectivity index (χ2v) is 9.91. The van der Waals surface area contributed by atoms with Gasteiger partial charge in [-0.15, -0.1) is 0 Å². The molecule has 6 heteroatoms. The minimum atomic E-state index is -0.0394. The standard InChI is InChI=1S/C21H34N2O4/c1-14-4-3-5-20(2)12-16-17(18-21(14,20)27-18)15(19(25)26-16)13-23-8-6-22(7-9-23)10-11-24/h14-18,24H,3-13H2,1-2H3/t14-,15+,16+,17+,18+,20+,21-/m0/s1. The number of epoxide rings is 1. The molecule has 1 N–H and O–H groups in total. The number of hydrogen-bond acceptors (Lipinski definition) is 6. The molecule has 3 aliphatic heterocycles. The molecular weight excluding hydrogens is 344 g/mol. The number of fused-ring (bicyclic) bond motifs is 2. The van der Waals surface area contributed by atoms with Gasteiger partial charge in [-0.1, -0.05) is 20.3 Å². The highest BCUT2D eigenvalue weighted by Gasteiger charge is 2.78. The normalized spacial score (nSPS) is 49.9. The van der Waals surface area contributed by atoms with Gasteiger partial charge < -0.3 is 14.6 Å². The summed E-state index contributed by atoms with van der Waals surface area (Å²) in [6.45, 7) is 10.4. The Kier molecular flexibility index (Phi) is 4.35. The first-order valence-electron chi connectivity index (χ1n) is 10.9. The van der Waals surface area contributed by atoms with E-state index in [1.807, 2.05) is 0 Å². The summed E-state index contributed by atoms with van der Waals surface area (Å²) in [6, 6.07) is 0. The number of carbonyl (C=O) groups excluding carboxylic acids is 1. The number of piperazine rings is 1. The van der Waals surface area contributed by atoms with Gasteiger partial charge in [-0.05, 0) is 25.2 Å². The number of nitrogens with zero attached hydrogens (tertiary/aromatic N) is 2. The van der Waals surface area contributed by atoms with Crippen molar-refractivity contribution in [3.63, 3.8) is 0 Å². The topological polar surface area (TPSA) is 65.5 Å². The third-order valence-corrected chi connectivity index (χ3v) is 8.53. The maximum Gasteiger partial charge on any atom is 0.311 e. The molecule has 3 saturated heterocycles. The van der Waals surface area contributed by atoms with Crippen LogP contribution in [0.5, 0.6) is 0 Å². The van der Waals surface area contributed by atoms with Crippen molar-refractivity contribution >= 4 is 5.97 Å². The zero-order chi connectivity index (χ0) is 18.8. The molecule has 5 rings (SSSR count). The van der Waals surface area contributed by atoms with Crippen molar-refractivity contribution in [3.05, 3.63) is 0 Å². The number of hydrogen-bond donors (Lipinski definition) is 1. The zero-order valence-corrected chi connectivity index (χ0v) is 16.7. The SMILES string of the molecule is C[C@H]1CCC[C@]2(C)C[C@H]3OC(=O)[C@H](CN4CCN(CCO)CC4)[C@H]3[C@H]3O[C@]312. The van der Waals surface area contributed by atoms with E-state index in [1.165, 1.54) is 19.3 Å². The molecule has 0 amide bonds. The second-order valence-electron chi connectivity index (χ2n) is 9.91. The Bertz CT molecular complexity index is 607. The third kappa shape index (κ3) is 2.63. The molecule has 0 bridgehead atoms. The molecule has 5 aliphatic rings. The predicted molar refractivity (Wildman–Crippen MR) is 100 cm³/mol. The Labute approximate surface area is 162 Å². The van der Waals surface area contributed by atoms with E-state index in [0.29, 0.717) is 5.92 Å². The molecule has 2 saturated carbocycles. The molecule has 0 radical (unpaired) electrons. The molecule has 152 valence electrons. The molecule has 0 aromatic carbocycles. The van der Waals surface area contributed by atoms with Crippen LogP contribution >= 0.6 is 0 Å². The van der Waals surface area contributed by atoms with Gasteiger partial charge in [-0.2, -0.15) is 0 Å². The highest BCUT2D eigenvalue weighted by molar-refractivity contribution is 5.76. The van der Waals surface area contributed by atoms with Crippen LogP contribution in [0.4, 0.5) is 0 Å². The largest absolute Gasteiger partial charge is 0.462 e. The number of β-amino-alcohol motifs (C(OH)–C–C–N with tert-alkyl or cyclic N) is 1. The summed E-state index contributed by atoms with van der Waals surface area (Å²) in [7, 11) is 0. The molecule has 5 fully saturated rings. The van der Waals surface area contributed by atoms with Gasteiger partial charge in [0, 0.05) is 50.6 Å². The van der Waals surface area contributed by atoms with Crippen molar-refractivity contribution in [1.29, 1.82) is 0 Å². The van der Waals surface area contributed by atoms with Crippen LogP contribution in [0.3, 0.4) is 0 Å². The number of rotatable bonds is 4. The predicted octanol–water partition coefficient (Wildman–Crippen LogP) is 1.12. The summed E-state index contributed by atoms with van der Waals surface area (Å²) in [5, 5.41) is 9.12. The fourth-order valence-corrected chi connectivity index (χ4v) is 7.06. The fourth-order valence-electron chi connectivity index (χ4n) is 7.06. The Morgan fingerprint density at radius 2 is 1.96 bits per heavy atom. The molecule has 27 heavy (non-hydrogen) atoms. The second kappa shape index (κ2) is 6.41. The lowest BCUT2D eigenvalue weighted by atomic mass is 9.53.